The Morgan fingerprint density at radius 3 is 2.85 bits per heavy atom. The van der Waals surface area contributed by atoms with E-state index in [0.29, 0.717) is 18.3 Å². The van der Waals surface area contributed by atoms with Crippen molar-refractivity contribution in [2.45, 2.75) is 33.0 Å². The average molecular weight is 274 g/mol. The normalized spacial score (nSPS) is 23.1. The van der Waals surface area contributed by atoms with Crippen LogP contribution in [0.2, 0.25) is 0 Å². The van der Waals surface area contributed by atoms with Gasteiger partial charge in [0.15, 0.2) is 11.9 Å². The first-order chi connectivity index (χ1) is 9.63. The SMILES string of the molecule is Cc1noc([C@H]2CN(c3ccncc3C)C[C@@H](C)O2)n1. The zero-order valence-corrected chi connectivity index (χ0v) is 11.9. The second kappa shape index (κ2) is 5.20. The van der Waals surface area contributed by atoms with Crippen molar-refractivity contribution in [2.24, 2.45) is 0 Å². The van der Waals surface area contributed by atoms with Gasteiger partial charge in [-0.3, -0.25) is 4.98 Å². The molecular formula is C14H18N4O2. The number of hydrogen-bond acceptors (Lipinski definition) is 6. The average Bonchev–Trinajstić information content (AvgIpc) is 2.85. The van der Waals surface area contributed by atoms with E-state index >= 15 is 0 Å². The molecule has 20 heavy (non-hydrogen) atoms. The Balaban J connectivity index is 1.85. The third-order valence-corrected chi connectivity index (χ3v) is 3.41. The Morgan fingerprint density at radius 2 is 2.15 bits per heavy atom. The molecule has 6 heteroatoms. The van der Waals surface area contributed by atoms with E-state index in [2.05, 4.69) is 33.9 Å². The van der Waals surface area contributed by atoms with E-state index in [1.807, 2.05) is 25.4 Å². The quantitative estimate of drug-likeness (QED) is 0.835. The first-order valence-corrected chi connectivity index (χ1v) is 6.74. The van der Waals surface area contributed by atoms with Gasteiger partial charge in [0.05, 0.1) is 12.6 Å². The molecule has 1 saturated heterocycles. The maximum absolute atomic E-state index is 5.92. The molecule has 0 saturated carbocycles. The van der Waals surface area contributed by atoms with Crippen LogP contribution in [0.1, 0.15) is 30.3 Å². The standard InChI is InChI=1S/C14H18N4O2/c1-9-6-15-5-4-12(9)18-7-10(2)19-13(8-18)14-16-11(3)17-20-14/h4-6,10,13H,7-8H2,1-3H3/t10-,13-/m1/s1. The summed E-state index contributed by atoms with van der Waals surface area (Å²) in [6.07, 6.45) is 3.61. The van der Waals surface area contributed by atoms with E-state index in [-0.39, 0.29) is 12.2 Å². The van der Waals surface area contributed by atoms with Crippen LogP contribution in [-0.4, -0.2) is 34.3 Å². The summed E-state index contributed by atoms with van der Waals surface area (Å²) in [5, 5.41) is 3.84. The first kappa shape index (κ1) is 13.1. The van der Waals surface area contributed by atoms with Gasteiger partial charge in [0.1, 0.15) is 0 Å². The van der Waals surface area contributed by atoms with Gasteiger partial charge < -0.3 is 14.2 Å². The molecule has 1 aliphatic heterocycles. The second-order valence-electron chi connectivity index (χ2n) is 5.18. The van der Waals surface area contributed by atoms with Crippen LogP contribution in [0.15, 0.2) is 23.0 Å². The highest BCUT2D eigenvalue weighted by Crippen LogP contribution is 2.29. The number of aromatic nitrogens is 3. The predicted octanol–water partition coefficient (Wildman–Crippen LogP) is 2.05. The van der Waals surface area contributed by atoms with Gasteiger partial charge in [0, 0.05) is 24.6 Å². The van der Waals surface area contributed by atoms with Crippen LogP contribution < -0.4 is 4.90 Å². The van der Waals surface area contributed by atoms with Crippen molar-refractivity contribution >= 4 is 5.69 Å². The van der Waals surface area contributed by atoms with Crippen molar-refractivity contribution in [1.29, 1.82) is 0 Å². The number of morpholine rings is 1. The van der Waals surface area contributed by atoms with Crippen LogP contribution in [0.4, 0.5) is 5.69 Å². The van der Waals surface area contributed by atoms with E-state index in [1.165, 1.54) is 5.69 Å². The predicted molar refractivity (Wildman–Crippen MR) is 73.5 cm³/mol. The fourth-order valence-corrected chi connectivity index (χ4v) is 2.55. The molecule has 0 radical (unpaired) electrons. The van der Waals surface area contributed by atoms with Gasteiger partial charge in [-0.1, -0.05) is 5.16 Å². The number of hydrogen-bond donors (Lipinski definition) is 0. The highest BCUT2D eigenvalue weighted by atomic mass is 16.5. The van der Waals surface area contributed by atoms with Crippen LogP contribution in [0.3, 0.4) is 0 Å². The molecule has 2 aromatic rings. The van der Waals surface area contributed by atoms with Gasteiger partial charge in [0.25, 0.3) is 5.89 Å². The first-order valence-electron chi connectivity index (χ1n) is 6.74. The molecule has 2 aromatic heterocycles. The molecule has 0 aromatic carbocycles. The fraction of sp³-hybridized carbons (Fsp3) is 0.500. The molecule has 3 rings (SSSR count). The summed E-state index contributed by atoms with van der Waals surface area (Å²) in [6.45, 7) is 7.47. The largest absolute Gasteiger partial charge is 0.365 e. The highest BCUT2D eigenvalue weighted by molar-refractivity contribution is 5.52. The second-order valence-corrected chi connectivity index (χ2v) is 5.18. The van der Waals surface area contributed by atoms with Crippen molar-refractivity contribution in [3.05, 3.63) is 35.7 Å². The van der Waals surface area contributed by atoms with E-state index in [0.717, 1.165) is 12.1 Å². The Kier molecular flexibility index (Phi) is 3.40. The lowest BCUT2D eigenvalue weighted by Crippen LogP contribution is -2.43. The molecular weight excluding hydrogens is 256 g/mol. The van der Waals surface area contributed by atoms with Gasteiger partial charge in [-0.15, -0.1) is 0 Å². The lowest BCUT2D eigenvalue weighted by molar-refractivity contribution is -0.0331. The topological polar surface area (TPSA) is 64.3 Å². The van der Waals surface area contributed by atoms with Crippen molar-refractivity contribution < 1.29 is 9.26 Å². The van der Waals surface area contributed by atoms with E-state index < -0.39 is 0 Å². The molecule has 0 unspecified atom stereocenters. The molecule has 0 aliphatic carbocycles. The summed E-state index contributed by atoms with van der Waals surface area (Å²) in [5.74, 6) is 1.18. The number of ether oxygens (including phenoxy) is 1. The Labute approximate surface area is 117 Å². The van der Waals surface area contributed by atoms with E-state index in [1.54, 1.807) is 0 Å². The van der Waals surface area contributed by atoms with Crippen molar-refractivity contribution in [3.8, 4) is 0 Å². The summed E-state index contributed by atoms with van der Waals surface area (Å²) in [7, 11) is 0. The zero-order valence-electron chi connectivity index (χ0n) is 11.9. The Hall–Kier alpha value is -1.95. The number of aryl methyl sites for hydroxylation is 2. The van der Waals surface area contributed by atoms with Crippen molar-refractivity contribution in [1.82, 2.24) is 15.1 Å². The van der Waals surface area contributed by atoms with Gasteiger partial charge in [-0.25, -0.2) is 0 Å². The molecule has 2 atom stereocenters. The molecule has 3 heterocycles. The molecule has 0 spiro atoms. The molecule has 1 fully saturated rings. The summed E-state index contributed by atoms with van der Waals surface area (Å²) < 4.78 is 11.2. The number of anilines is 1. The van der Waals surface area contributed by atoms with Gasteiger partial charge in [-0.2, -0.15) is 4.98 Å². The summed E-state index contributed by atoms with van der Waals surface area (Å²) >= 11 is 0. The smallest absolute Gasteiger partial charge is 0.257 e. The van der Waals surface area contributed by atoms with Crippen LogP contribution in [0, 0.1) is 13.8 Å². The maximum atomic E-state index is 5.92. The van der Waals surface area contributed by atoms with Crippen molar-refractivity contribution in [3.63, 3.8) is 0 Å². The lowest BCUT2D eigenvalue weighted by atomic mass is 10.1. The zero-order chi connectivity index (χ0) is 14.1. The van der Waals surface area contributed by atoms with Crippen LogP contribution >= 0.6 is 0 Å². The Bertz CT molecular complexity index is 598. The number of pyridine rings is 1. The minimum absolute atomic E-state index is 0.105. The molecule has 6 nitrogen and oxygen atoms in total. The summed E-state index contributed by atoms with van der Waals surface area (Å²) in [5.41, 5.74) is 2.33. The lowest BCUT2D eigenvalue weighted by Gasteiger charge is -2.37. The Morgan fingerprint density at radius 1 is 1.30 bits per heavy atom. The molecule has 106 valence electrons. The summed E-state index contributed by atoms with van der Waals surface area (Å²) in [4.78, 5) is 10.7. The fourth-order valence-electron chi connectivity index (χ4n) is 2.55. The van der Waals surface area contributed by atoms with Gasteiger partial charge in [-0.05, 0) is 32.4 Å². The number of nitrogens with zero attached hydrogens (tertiary/aromatic N) is 4. The molecule has 0 amide bonds. The van der Waals surface area contributed by atoms with Gasteiger partial charge in [0.2, 0.25) is 0 Å². The summed E-state index contributed by atoms with van der Waals surface area (Å²) in [6, 6.07) is 2.03. The van der Waals surface area contributed by atoms with Crippen LogP contribution in [-0.2, 0) is 4.74 Å². The van der Waals surface area contributed by atoms with E-state index in [9.17, 15) is 0 Å². The minimum Gasteiger partial charge on any atom is -0.365 e. The van der Waals surface area contributed by atoms with E-state index in [4.69, 9.17) is 9.26 Å². The molecule has 0 N–H and O–H groups in total. The van der Waals surface area contributed by atoms with Gasteiger partial charge >= 0.3 is 0 Å². The third-order valence-electron chi connectivity index (χ3n) is 3.41. The minimum atomic E-state index is -0.187. The molecule has 0 bridgehead atoms. The monoisotopic (exact) mass is 274 g/mol. The highest BCUT2D eigenvalue weighted by Gasteiger charge is 2.30. The van der Waals surface area contributed by atoms with Crippen molar-refractivity contribution in [2.75, 3.05) is 18.0 Å². The van der Waals surface area contributed by atoms with Crippen LogP contribution in [0.5, 0.6) is 0 Å². The maximum Gasteiger partial charge on any atom is 0.257 e. The number of rotatable bonds is 2. The third kappa shape index (κ3) is 2.51. The molecule has 1 aliphatic rings. The van der Waals surface area contributed by atoms with Crippen LogP contribution in [0.25, 0.3) is 0 Å².